The summed E-state index contributed by atoms with van der Waals surface area (Å²) in [5, 5.41) is 0. The first kappa shape index (κ1) is 9.62. The van der Waals surface area contributed by atoms with Crippen LogP contribution in [-0.2, 0) is 6.42 Å². The van der Waals surface area contributed by atoms with Crippen molar-refractivity contribution in [1.82, 2.24) is 10.4 Å². The molecular weight excluding hydrogens is 174 g/mol. The highest BCUT2D eigenvalue weighted by Crippen LogP contribution is 2.34. The Kier molecular flexibility index (Phi) is 2.79. The number of fused-ring (bicyclic) bond motifs is 1. The average Bonchev–Trinajstić information content (AvgIpc) is 2.65. The van der Waals surface area contributed by atoms with Crippen LogP contribution < -0.4 is 11.3 Å². The van der Waals surface area contributed by atoms with E-state index >= 15 is 0 Å². The topological polar surface area (TPSA) is 50.9 Å². The van der Waals surface area contributed by atoms with Gasteiger partial charge in [-0.1, -0.05) is 13.0 Å². The summed E-state index contributed by atoms with van der Waals surface area (Å²) in [6.45, 7) is 2.16. The van der Waals surface area contributed by atoms with Crippen LogP contribution in [0.1, 0.15) is 36.9 Å². The molecule has 2 rings (SSSR count). The Morgan fingerprint density at radius 3 is 3.29 bits per heavy atom. The van der Waals surface area contributed by atoms with Crippen molar-refractivity contribution >= 4 is 0 Å². The van der Waals surface area contributed by atoms with Gasteiger partial charge in [0, 0.05) is 23.9 Å². The van der Waals surface area contributed by atoms with Gasteiger partial charge in [0.05, 0.1) is 0 Å². The predicted octanol–water partition coefficient (Wildman–Crippen LogP) is 1.35. The van der Waals surface area contributed by atoms with Gasteiger partial charge in [-0.25, -0.2) is 0 Å². The first-order valence-electron chi connectivity index (χ1n) is 5.26. The van der Waals surface area contributed by atoms with E-state index in [-0.39, 0.29) is 0 Å². The second kappa shape index (κ2) is 4.07. The number of rotatable bonds is 3. The maximum Gasteiger partial charge on any atom is 0.0482 e. The van der Waals surface area contributed by atoms with Crippen molar-refractivity contribution in [3.63, 3.8) is 0 Å². The van der Waals surface area contributed by atoms with Crippen LogP contribution in [0.3, 0.4) is 0 Å². The number of hydrogen-bond donors (Lipinski definition) is 2. The molecule has 0 saturated heterocycles. The lowest BCUT2D eigenvalue weighted by atomic mass is 9.95. The smallest absolute Gasteiger partial charge is 0.0482 e. The number of nitrogens with one attached hydrogen (secondary N) is 1. The summed E-state index contributed by atoms with van der Waals surface area (Å²) in [6.07, 6.45) is 5.25. The predicted molar refractivity (Wildman–Crippen MR) is 56.7 cm³/mol. The second-order valence-electron chi connectivity index (χ2n) is 3.87. The molecule has 14 heavy (non-hydrogen) atoms. The Hall–Kier alpha value is -0.930. The third kappa shape index (κ3) is 1.53. The van der Waals surface area contributed by atoms with E-state index in [0.717, 1.165) is 12.8 Å². The van der Waals surface area contributed by atoms with Gasteiger partial charge in [0.15, 0.2) is 0 Å². The molecule has 0 saturated carbocycles. The van der Waals surface area contributed by atoms with Crippen LogP contribution in [0.25, 0.3) is 0 Å². The quantitative estimate of drug-likeness (QED) is 0.560. The zero-order valence-electron chi connectivity index (χ0n) is 8.53. The molecule has 1 aromatic heterocycles. The fourth-order valence-electron chi connectivity index (χ4n) is 2.35. The van der Waals surface area contributed by atoms with E-state index < -0.39 is 0 Å². The largest absolute Gasteiger partial charge is 0.271 e. The molecule has 0 aromatic carbocycles. The molecule has 2 atom stereocenters. The van der Waals surface area contributed by atoms with Crippen LogP contribution in [0.2, 0.25) is 0 Å². The molecule has 0 radical (unpaired) electrons. The van der Waals surface area contributed by atoms with Gasteiger partial charge in [-0.2, -0.15) is 0 Å². The van der Waals surface area contributed by atoms with Crippen molar-refractivity contribution in [2.45, 2.75) is 38.1 Å². The van der Waals surface area contributed by atoms with E-state index in [2.05, 4.69) is 23.4 Å². The number of nitrogens with zero attached hydrogens (tertiary/aromatic N) is 1. The van der Waals surface area contributed by atoms with Gasteiger partial charge < -0.3 is 0 Å². The van der Waals surface area contributed by atoms with Crippen LogP contribution in [0.5, 0.6) is 0 Å². The zero-order valence-corrected chi connectivity index (χ0v) is 8.53. The molecule has 3 N–H and O–H groups in total. The van der Waals surface area contributed by atoms with E-state index in [1.807, 2.05) is 12.3 Å². The SMILES string of the molecule is CCC(NN)C1CCc2cccnc21. The van der Waals surface area contributed by atoms with Crippen molar-refractivity contribution in [3.05, 3.63) is 29.6 Å². The summed E-state index contributed by atoms with van der Waals surface area (Å²) in [4.78, 5) is 4.46. The van der Waals surface area contributed by atoms with Crippen molar-refractivity contribution < 1.29 is 0 Å². The molecule has 3 heteroatoms. The zero-order chi connectivity index (χ0) is 9.97. The molecule has 1 aromatic rings. The first-order chi connectivity index (χ1) is 6.86. The molecule has 1 aliphatic carbocycles. The summed E-state index contributed by atoms with van der Waals surface area (Å²) in [5.74, 6) is 6.04. The second-order valence-corrected chi connectivity index (χ2v) is 3.87. The normalized spacial score (nSPS) is 22.0. The van der Waals surface area contributed by atoms with Gasteiger partial charge in [0.1, 0.15) is 0 Å². The number of aromatic nitrogens is 1. The Labute approximate surface area is 84.7 Å². The standard InChI is InChI=1S/C11H17N3/c1-2-10(14-12)9-6-5-8-4-3-7-13-11(8)9/h3-4,7,9-10,14H,2,5-6,12H2,1H3. The van der Waals surface area contributed by atoms with Crippen LogP contribution in [0, 0.1) is 0 Å². The van der Waals surface area contributed by atoms with Crippen LogP contribution in [-0.4, -0.2) is 11.0 Å². The summed E-state index contributed by atoms with van der Waals surface area (Å²) in [6, 6.07) is 4.55. The monoisotopic (exact) mass is 191 g/mol. The maximum absolute atomic E-state index is 5.54. The molecule has 1 aliphatic rings. The summed E-state index contributed by atoms with van der Waals surface area (Å²) in [7, 11) is 0. The van der Waals surface area contributed by atoms with Crippen molar-refractivity contribution in [2.75, 3.05) is 0 Å². The Balaban J connectivity index is 2.25. The van der Waals surface area contributed by atoms with Gasteiger partial charge in [-0.3, -0.25) is 16.3 Å². The van der Waals surface area contributed by atoms with E-state index in [9.17, 15) is 0 Å². The van der Waals surface area contributed by atoms with Gasteiger partial charge >= 0.3 is 0 Å². The third-order valence-corrected chi connectivity index (χ3v) is 3.14. The highest BCUT2D eigenvalue weighted by atomic mass is 15.2. The molecule has 0 bridgehead atoms. The Bertz CT molecular complexity index is 307. The lowest BCUT2D eigenvalue weighted by molar-refractivity contribution is 0.421. The van der Waals surface area contributed by atoms with E-state index in [1.54, 1.807) is 0 Å². The number of hydrogen-bond acceptors (Lipinski definition) is 3. The lowest BCUT2D eigenvalue weighted by Crippen LogP contribution is -2.38. The molecule has 3 nitrogen and oxygen atoms in total. The fraction of sp³-hybridized carbons (Fsp3) is 0.545. The molecule has 76 valence electrons. The number of pyridine rings is 1. The van der Waals surface area contributed by atoms with E-state index in [4.69, 9.17) is 5.84 Å². The minimum absolute atomic E-state index is 0.367. The number of hydrazine groups is 1. The minimum Gasteiger partial charge on any atom is -0.271 e. The maximum atomic E-state index is 5.54. The fourth-order valence-corrected chi connectivity index (χ4v) is 2.35. The van der Waals surface area contributed by atoms with E-state index in [1.165, 1.54) is 17.7 Å². The average molecular weight is 191 g/mol. The van der Waals surface area contributed by atoms with Crippen molar-refractivity contribution in [3.8, 4) is 0 Å². The lowest BCUT2D eigenvalue weighted by Gasteiger charge is -2.21. The Morgan fingerprint density at radius 2 is 2.57 bits per heavy atom. The van der Waals surface area contributed by atoms with E-state index in [0.29, 0.717) is 12.0 Å². The molecule has 0 amide bonds. The first-order valence-corrected chi connectivity index (χ1v) is 5.26. The van der Waals surface area contributed by atoms with Crippen LogP contribution in [0.15, 0.2) is 18.3 Å². The summed E-state index contributed by atoms with van der Waals surface area (Å²) >= 11 is 0. The molecule has 0 fully saturated rings. The summed E-state index contributed by atoms with van der Waals surface area (Å²) in [5.41, 5.74) is 5.54. The van der Waals surface area contributed by atoms with Crippen molar-refractivity contribution in [2.24, 2.45) is 5.84 Å². The number of aryl methyl sites for hydroxylation is 1. The van der Waals surface area contributed by atoms with Gasteiger partial charge in [0.2, 0.25) is 0 Å². The molecule has 0 spiro atoms. The number of nitrogens with two attached hydrogens (primary N) is 1. The highest BCUT2D eigenvalue weighted by molar-refractivity contribution is 5.29. The van der Waals surface area contributed by atoms with Crippen molar-refractivity contribution in [1.29, 1.82) is 0 Å². The Morgan fingerprint density at radius 1 is 1.71 bits per heavy atom. The van der Waals surface area contributed by atoms with Gasteiger partial charge in [-0.15, -0.1) is 0 Å². The third-order valence-electron chi connectivity index (χ3n) is 3.14. The highest BCUT2D eigenvalue weighted by Gasteiger charge is 2.28. The van der Waals surface area contributed by atoms with Gasteiger partial charge in [-0.05, 0) is 30.9 Å². The van der Waals surface area contributed by atoms with Crippen LogP contribution >= 0.6 is 0 Å². The molecule has 2 unspecified atom stereocenters. The summed E-state index contributed by atoms with van der Waals surface area (Å²) < 4.78 is 0. The minimum atomic E-state index is 0.367. The molecule has 1 heterocycles. The van der Waals surface area contributed by atoms with Crippen LogP contribution in [0.4, 0.5) is 0 Å². The molecule has 0 aliphatic heterocycles. The van der Waals surface area contributed by atoms with Gasteiger partial charge in [0.25, 0.3) is 0 Å². The molecular formula is C11H17N3.